The number of carbonyl (C=O) groups is 3. The molecule has 2 aliphatic rings. The standard InChI is InChI=1S/C24H22N4O7S2/c29-21(25-26-22(30)16-6-8-17(9-7-16)28(32)33)4-2-1-3-11-27-23(31)20(37-24(27)36)13-15-5-10-18-19(12-15)35-14-34-18/h5-10,12-13H,1-4,11,14H2,(H,25,29)(H,26,30)/b20-13-. The number of benzene rings is 2. The molecule has 2 aromatic carbocycles. The minimum absolute atomic E-state index is 0.132. The van der Waals surface area contributed by atoms with E-state index in [4.69, 9.17) is 21.7 Å². The van der Waals surface area contributed by atoms with Crippen molar-refractivity contribution >= 4 is 57.8 Å². The maximum atomic E-state index is 12.8. The predicted molar refractivity (Wildman–Crippen MR) is 140 cm³/mol. The van der Waals surface area contributed by atoms with Crippen LogP contribution >= 0.6 is 24.0 Å². The van der Waals surface area contributed by atoms with Crippen molar-refractivity contribution in [2.75, 3.05) is 13.3 Å². The summed E-state index contributed by atoms with van der Waals surface area (Å²) in [5.41, 5.74) is 5.47. The highest BCUT2D eigenvalue weighted by Gasteiger charge is 2.31. The predicted octanol–water partition coefficient (Wildman–Crippen LogP) is 3.55. The van der Waals surface area contributed by atoms with Gasteiger partial charge in [0.15, 0.2) is 11.5 Å². The van der Waals surface area contributed by atoms with Gasteiger partial charge in [0.2, 0.25) is 12.7 Å². The van der Waals surface area contributed by atoms with Crippen molar-refractivity contribution in [3.05, 3.63) is 68.6 Å². The van der Waals surface area contributed by atoms with Crippen LogP contribution in [0.15, 0.2) is 47.4 Å². The van der Waals surface area contributed by atoms with Gasteiger partial charge in [0, 0.05) is 30.7 Å². The molecule has 192 valence electrons. The maximum absolute atomic E-state index is 12.8. The summed E-state index contributed by atoms with van der Waals surface area (Å²) in [6.07, 6.45) is 3.86. The monoisotopic (exact) mass is 542 g/mol. The Kier molecular flexibility index (Phi) is 8.36. The van der Waals surface area contributed by atoms with Crippen molar-refractivity contribution in [1.82, 2.24) is 15.8 Å². The molecule has 0 aliphatic carbocycles. The van der Waals surface area contributed by atoms with Crippen LogP contribution in [-0.2, 0) is 9.59 Å². The summed E-state index contributed by atoms with van der Waals surface area (Å²) in [4.78, 5) is 49.1. The normalized spacial score (nSPS) is 15.2. The molecule has 2 aromatic rings. The molecule has 0 bridgehead atoms. The fraction of sp³-hybridized carbons (Fsp3) is 0.250. The lowest BCUT2D eigenvalue weighted by Crippen LogP contribution is -2.41. The third-order valence-electron chi connectivity index (χ3n) is 5.51. The van der Waals surface area contributed by atoms with Gasteiger partial charge in [-0.05, 0) is 48.7 Å². The lowest BCUT2D eigenvalue weighted by atomic mass is 10.1. The number of nitro benzene ring substituents is 1. The number of hydrogen-bond donors (Lipinski definition) is 2. The van der Waals surface area contributed by atoms with Crippen LogP contribution in [0.4, 0.5) is 5.69 Å². The molecule has 3 amide bonds. The van der Waals surface area contributed by atoms with Crippen molar-refractivity contribution in [3.63, 3.8) is 0 Å². The smallest absolute Gasteiger partial charge is 0.269 e. The number of unbranched alkanes of at least 4 members (excludes halogenated alkanes) is 2. The number of hydrogen-bond acceptors (Lipinski definition) is 9. The first-order valence-electron chi connectivity index (χ1n) is 11.3. The average Bonchev–Trinajstić information content (AvgIpc) is 3.46. The Morgan fingerprint density at radius 2 is 1.84 bits per heavy atom. The molecule has 2 N–H and O–H groups in total. The van der Waals surface area contributed by atoms with Crippen LogP contribution in [0.25, 0.3) is 6.08 Å². The number of non-ortho nitro benzene ring substituents is 1. The van der Waals surface area contributed by atoms with Gasteiger partial charge < -0.3 is 9.47 Å². The zero-order valence-corrected chi connectivity index (χ0v) is 21.1. The van der Waals surface area contributed by atoms with Gasteiger partial charge in [-0.2, -0.15) is 0 Å². The minimum atomic E-state index is -0.577. The summed E-state index contributed by atoms with van der Waals surface area (Å²) >= 11 is 6.62. The SMILES string of the molecule is O=C(CCCCCN1C(=O)/C(=C/c2ccc3c(c2)OCO3)SC1=S)NNC(=O)c1ccc([N+](=O)[O-])cc1. The average molecular weight is 543 g/mol. The van der Waals surface area contributed by atoms with Crippen LogP contribution in [0, 0.1) is 10.1 Å². The zero-order valence-electron chi connectivity index (χ0n) is 19.4. The highest BCUT2D eigenvalue weighted by Crippen LogP contribution is 2.36. The van der Waals surface area contributed by atoms with Gasteiger partial charge in [-0.1, -0.05) is 36.5 Å². The molecular weight excluding hydrogens is 520 g/mol. The number of carbonyl (C=O) groups excluding carboxylic acids is 3. The molecule has 1 fully saturated rings. The van der Waals surface area contributed by atoms with E-state index in [1.54, 1.807) is 17.0 Å². The fourth-order valence-corrected chi connectivity index (χ4v) is 4.88. The third kappa shape index (κ3) is 6.62. The largest absolute Gasteiger partial charge is 0.454 e. The number of thiocarbonyl (C=S) groups is 1. The van der Waals surface area contributed by atoms with Crippen molar-refractivity contribution in [2.45, 2.75) is 25.7 Å². The topological polar surface area (TPSA) is 140 Å². The Hall–Kier alpha value is -3.97. The second kappa shape index (κ2) is 11.8. The van der Waals surface area contributed by atoms with Crippen LogP contribution in [0.1, 0.15) is 41.6 Å². The van der Waals surface area contributed by atoms with Crippen LogP contribution in [-0.4, -0.2) is 45.2 Å². The molecule has 0 spiro atoms. The lowest BCUT2D eigenvalue weighted by Gasteiger charge is -2.14. The number of nitrogens with one attached hydrogen (secondary N) is 2. The van der Waals surface area contributed by atoms with Crippen LogP contribution in [0.3, 0.4) is 0 Å². The second-order valence-electron chi connectivity index (χ2n) is 8.06. The summed E-state index contributed by atoms with van der Waals surface area (Å²) in [5, 5.41) is 10.7. The maximum Gasteiger partial charge on any atom is 0.269 e. The lowest BCUT2D eigenvalue weighted by molar-refractivity contribution is -0.384. The molecule has 37 heavy (non-hydrogen) atoms. The van der Waals surface area contributed by atoms with E-state index in [1.165, 1.54) is 36.0 Å². The van der Waals surface area contributed by atoms with Crippen molar-refractivity contribution in [1.29, 1.82) is 0 Å². The Morgan fingerprint density at radius 3 is 2.59 bits per heavy atom. The molecule has 2 heterocycles. The van der Waals surface area contributed by atoms with E-state index in [-0.39, 0.29) is 36.3 Å². The first-order valence-corrected chi connectivity index (χ1v) is 12.5. The number of hydrazine groups is 1. The van der Waals surface area contributed by atoms with Crippen molar-refractivity contribution in [3.8, 4) is 11.5 Å². The fourth-order valence-electron chi connectivity index (χ4n) is 3.57. The Morgan fingerprint density at radius 1 is 1.08 bits per heavy atom. The molecule has 0 aromatic heterocycles. The van der Waals surface area contributed by atoms with E-state index in [0.717, 1.165) is 5.56 Å². The molecule has 2 aliphatic heterocycles. The molecular formula is C24H22N4O7S2. The number of thioether (sulfide) groups is 1. The molecule has 4 rings (SSSR count). The van der Waals surface area contributed by atoms with E-state index in [1.807, 2.05) is 12.1 Å². The quantitative estimate of drug-likeness (QED) is 0.160. The van der Waals surface area contributed by atoms with Crippen LogP contribution in [0.5, 0.6) is 11.5 Å². The van der Waals surface area contributed by atoms with Gasteiger partial charge in [-0.25, -0.2) is 0 Å². The van der Waals surface area contributed by atoms with Gasteiger partial charge in [-0.15, -0.1) is 0 Å². The number of fused-ring (bicyclic) bond motifs is 1. The number of ether oxygens (including phenoxy) is 2. The summed E-state index contributed by atoms with van der Waals surface area (Å²) in [6.45, 7) is 0.626. The van der Waals surface area contributed by atoms with Crippen LogP contribution < -0.4 is 20.3 Å². The number of rotatable bonds is 9. The minimum Gasteiger partial charge on any atom is -0.454 e. The summed E-state index contributed by atoms with van der Waals surface area (Å²) in [7, 11) is 0. The molecule has 0 saturated carbocycles. The van der Waals surface area contributed by atoms with E-state index in [2.05, 4.69) is 10.9 Å². The van der Waals surface area contributed by atoms with E-state index in [9.17, 15) is 24.5 Å². The first-order chi connectivity index (χ1) is 17.8. The van der Waals surface area contributed by atoms with Crippen molar-refractivity contribution < 1.29 is 28.8 Å². The highest BCUT2D eigenvalue weighted by atomic mass is 32.2. The van der Waals surface area contributed by atoms with Crippen molar-refractivity contribution in [2.24, 2.45) is 0 Å². The number of nitro groups is 1. The highest BCUT2D eigenvalue weighted by molar-refractivity contribution is 8.26. The van der Waals surface area contributed by atoms with E-state index < -0.39 is 10.8 Å². The number of nitrogens with zero attached hydrogens (tertiary/aromatic N) is 2. The Labute approximate surface area is 221 Å². The van der Waals surface area contributed by atoms with E-state index >= 15 is 0 Å². The van der Waals surface area contributed by atoms with Crippen LogP contribution in [0.2, 0.25) is 0 Å². The van der Waals surface area contributed by atoms with Gasteiger partial charge in [0.1, 0.15) is 4.32 Å². The summed E-state index contributed by atoms with van der Waals surface area (Å²) in [5.74, 6) is 0.211. The molecule has 11 nitrogen and oxygen atoms in total. The molecule has 13 heteroatoms. The Balaban J connectivity index is 1.16. The molecule has 0 atom stereocenters. The molecule has 1 saturated heterocycles. The summed E-state index contributed by atoms with van der Waals surface area (Å²) in [6, 6.07) is 10.5. The van der Waals surface area contributed by atoms with Gasteiger partial charge >= 0.3 is 0 Å². The van der Waals surface area contributed by atoms with Gasteiger partial charge in [0.05, 0.1) is 9.83 Å². The first kappa shape index (κ1) is 26.1. The summed E-state index contributed by atoms with van der Waals surface area (Å²) < 4.78 is 11.2. The number of amides is 3. The molecule has 0 radical (unpaired) electrons. The van der Waals surface area contributed by atoms with E-state index in [0.29, 0.717) is 46.5 Å². The van der Waals surface area contributed by atoms with Gasteiger partial charge in [0.25, 0.3) is 17.5 Å². The third-order valence-corrected chi connectivity index (χ3v) is 6.89. The zero-order chi connectivity index (χ0) is 26.4. The second-order valence-corrected chi connectivity index (χ2v) is 9.74. The Bertz CT molecular complexity index is 1280. The molecule has 0 unspecified atom stereocenters. The van der Waals surface area contributed by atoms with Gasteiger partial charge in [-0.3, -0.25) is 40.2 Å².